The van der Waals surface area contributed by atoms with E-state index >= 15 is 0 Å². The van der Waals surface area contributed by atoms with Gasteiger partial charge in [0, 0.05) is 26.2 Å². The number of hydrogen-bond donors (Lipinski definition) is 3. The van der Waals surface area contributed by atoms with Crippen molar-refractivity contribution in [3.05, 3.63) is 59.2 Å². The smallest absolute Gasteiger partial charge is 0.161 e. The molecule has 0 radical (unpaired) electrons. The first-order valence-corrected chi connectivity index (χ1v) is 9.62. The molecule has 0 aliphatic heterocycles. The molecular formula is C22H34Cl2N2O3. The Hall–Kier alpha value is -1.50. The second-order valence-corrected chi connectivity index (χ2v) is 6.72. The lowest BCUT2D eigenvalue weighted by molar-refractivity contribution is 0.191. The summed E-state index contributed by atoms with van der Waals surface area (Å²) in [6.07, 6.45) is -0.314. The molecule has 0 spiro atoms. The summed E-state index contributed by atoms with van der Waals surface area (Å²) in [5.74, 6) is 1.54. The lowest BCUT2D eigenvalue weighted by atomic mass is 10.1. The van der Waals surface area contributed by atoms with Crippen LogP contribution in [0, 0.1) is 6.92 Å². The highest BCUT2D eigenvalue weighted by Crippen LogP contribution is 2.29. The molecular weight excluding hydrogens is 411 g/mol. The predicted octanol–water partition coefficient (Wildman–Crippen LogP) is 3.88. The largest absolute Gasteiger partial charge is 0.490 e. The number of ether oxygens (including phenoxy) is 2. The Morgan fingerprint density at radius 2 is 1.55 bits per heavy atom. The minimum absolute atomic E-state index is 0. The fourth-order valence-electron chi connectivity index (χ4n) is 2.62. The number of rotatable bonds is 12. The molecule has 1 unspecified atom stereocenters. The van der Waals surface area contributed by atoms with Crippen molar-refractivity contribution in [1.29, 1.82) is 0 Å². The lowest BCUT2D eigenvalue weighted by Crippen LogP contribution is -2.31. The molecule has 0 saturated carbocycles. The third-order valence-corrected chi connectivity index (χ3v) is 4.07. The number of aryl methyl sites for hydroxylation is 1. The fraction of sp³-hybridized carbons (Fsp3) is 0.455. The van der Waals surface area contributed by atoms with Crippen LogP contribution in [0.1, 0.15) is 30.5 Å². The maximum absolute atomic E-state index is 9.21. The Balaban J connectivity index is 0.00000392. The van der Waals surface area contributed by atoms with E-state index in [0.29, 0.717) is 19.8 Å². The van der Waals surface area contributed by atoms with E-state index < -0.39 is 0 Å². The van der Waals surface area contributed by atoms with Gasteiger partial charge < -0.3 is 25.2 Å². The van der Waals surface area contributed by atoms with Crippen LogP contribution in [0.3, 0.4) is 0 Å². The molecule has 0 saturated heterocycles. The van der Waals surface area contributed by atoms with Gasteiger partial charge in [0.05, 0.1) is 12.7 Å². The van der Waals surface area contributed by atoms with Gasteiger partial charge in [0.2, 0.25) is 0 Å². The zero-order chi connectivity index (χ0) is 19.5. The molecule has 0 amide bonds. The Morgan fingerprint density at radius 3 is 2.21 bits per heavy atom. The highest BCUT2D eigenvalue weighted by atomic mass is 35.5. The van der Waals surface area contributed by atoms with Crippen molar-refractivity contribution in [2.24, 2.45) is 0 Å². The van der Waals surface area contributed by atoms with Crippen molar-refractivity contribution in [2.45, 2.75) is 40.0 Å². The first kappa shape index (κ1) is 27.5. The summed E-state index contributed by atoms with van der Waals surface area (Å²) in [5.41, 5.74) is 3.53. The first-order valence-electron chi connectivity index (χ1n) is 9.62. The summed E-state index contributed by atoms with van der Waals surface area (Å²) in [6.45, 7) is 9.98. The molecule has 0 heterocycles. The van der Waals surface area contributed by atoms with E-state index in [2.05, 4.69) is 47.9 Å². The van der Waals surface area contributed by atoms with Crippen LogP contribution < -0.4 is 20.1 Å². The number of benzene rings is 2. The summed E-state index contributed by atoms with van der Waals surface area (Å²) in [6, 6.07) is 14.4. The van der Waals surface area contributed by atoms with E-state index in [1.54, 1.807) is 6.92 Å². The van der Waals surface area contributed by atoms with Crippen molar-refractivity contribution in [3.8, 4) is 11.5 Å². The Bertz CT molecular complexity index is 682. The second-order valence-electron chi connectivity index (χ2n) is 6.72. The molecule has 0 fully saturated rings. The minimum Gasteiger partial charge on any atom is -0.490 e. The molecule has 29 heavy (non-hydrogen) atoms. The van der Waals surface area contributed by atoms with Crippen LogP contribution in [0.4, 0.5) is 0 Å². The average molecular weight is 445 g/mol. The maximum atomic E-state index is 9.21. The van der Waals surface area contributed by atoms with Gasteiger partial charge in [0.25, 0.3) is 0 Å². The summed E-state index contributed by atoms with van der Waals surface area (Å²) in [5, 5.41) is 15.8. The van der Waals surface area contributed by atoms with Gasteiger partial charge in [-0.1, -0.05) is 35.9 Å². The molecule has 2 aromatic carbocycles. The molecule has 2 aromatic rings. The molecule has 0 bridgehead atoms. The third-order valence-electron chi connectivity index (χ3n) is 4.07. The van der Waals surface area contributed by atoms with Crippen LogP contribution >= 0.6 is 24.8 Å². The molecule has 2 rings (SSSR count). The average Bonchev–Trinajstić information content (AvgIpc) is 2.65. The van der Waals surface area contributed by atoms with Gasteiger partial charge >= 0.3 is 0 Å². The Morgan fingerprint density at radius 1 is 0.897 bits per heavy atom. The van der Waals surface area contributed by atoms with Crippen LogP contribution in [0.15, 0.2) is 42.5 Å². The Labute approximate surface area is 187 Å². The number of hydrogen-bond acceptors (Lipinski definition) is 5. The predicted molar refractivity (Wildman–Crippen MR) is 124 cm³/mol. The maximum Gasteiger partial charge on any atom is 0.161 e. The van der Waals surface area contributed by atoms with Crippen molar-refractivity contribution >= 4 is 24.8 Å². The van der Waals surface area contributed by atoms with E-state index in [4.69, 9.17) is 9.47 Å². The summed E-state index contributed by atoms with van der Waals surface area (Å²) < 4.78 is 11.7. The molecule has 164 valence electrons. The molecule has 0 aliphatic rings. The van der Waals surface area contributed by atoms with E-state index in [1.165, 1.54) is 5.56 Å². The van der Waals surface area contributed by atoms with E-state index in [-0.39, 0.29) is 30.9 Å². The quantitative estimate of drug-likeness (QED) is 0.433. The monoisotopic (exact) mass is 444 g/mol. The highest BCUT2D eigenvalue weighted by molar-refractivity contribution is 5.85. The highest BCUT2D eigenvalue weighted by Gasteiger charge is 2.07. The van der Waals surface area contributed by atoms with Gasteiger partial charge in [-0.2, -0.15) is 0 Å². The fourth-order valence-corrected chi connectivity index (χ4v) is 2.62. The first-order chi connectivity index (χ1) is 13.1. The van der Waals surface area contributed by atoms with Gasteiger partial charge in [-0.05, 0) is 44.0 Å². The third kappa shape index (κ3) is 10.7. The van der Waals surface area contributed by atoms with Crippen LogP contribution in [0.2, 0.25) is 0 Å². The van der Waals surface area contributed by atoms with Crippen molar-refractivity contribution < 1.29 is 14.6 Å². The topological polar surface area (TPSA) is 62.8 Å². The lowest BCUT2D eigenvalue weighted by Gasteiger charge is -2.14. The molecule has 0 aromatic heterocycles. The van der Waals surface area contributed by atoms with Gasteiger partial charge in [-0.3, -0.25) is 0 Å². The zero-order valence-corrected chi connectivity index (χ0v) is 19.1. The normalized spacial score (nSPS) is 11.2. The number of halogens is 2. The molecule has 1 atom stereocenters. The summed E-state index contributed by atoms with van der Waals surface area (Å²) >= 11 is 0. The molecule has 3 N–H and O–H groups in total. The van der Waals surface area contributed by atoms with Gasteiger partial charge in [-0.25, -0.2) is 0 Å². The zero-order valence-electron chi connectivity index (χ0n) is 17.4. The van der Waals surface area contributed by atoms with Crippen molar-refractivity contribution in [3.63, 3.8) is 0 Å². The van der Waals surface area contributed by atoms with Crippen LogP contribution in [0.5, 0.6) is 11.5 Å². The van der Waals surface area contributed by atoms with Crippen molar-refractivity contribution in [2.75, 3.05) is 26.2 Å². The Kier molecular flexibility index (Phi) is 14.6. The summed E-state index contributed by atoms with van der Waals surface area (Å²) in [7, 11) is 0. The number of aliphatic hydroxyl groups excluding tert-OH is 1. The van der Waals surface area contributed by atoms with E-state index in [9.17, 15) is 5.11 Å². The number of nitrogens with one attached hydrogen (secondary N) is 2. The molecule has 7 heteroatoms. The van der Waals surface area contributed by atoms with Crippen molar-refractivity contribution in [1.82, 2.24) is 10.6 Å². The van der Waals surface area contributed by atoms with Gasteiger partial charge in [-0.15, -0.1) is 24.8 Å². The SMILES string of the molecule is CCOc1cc(CNCCNCC(C)O)ccc1OCc1ccc(C)cc1.Cl.Cl. The molecule has 5 nitrogen and oxygen atoms in total. The van der Waals surface area contributed by atoms with E-state index in [0.717, 1.165) is 42.3 Å². The van der Waals surface area contributed by atoms with E-state index in [1.807, 2.05) is 19.1 Å². The second kappa shape index (κ2) is 15.4. The van der Waals surface area contributed by atoms with Crippen LogP contribution in [-0.4, -0.2) is 37.5 Å². The number of aliphatic hydroxyl groups is 1. The standard InChI is InChI=1S/C22H32N2O3.2ClH/c1-4-26-22-13-20(15-24-12-11-23-14-18(3)25)9-10-21(22)27-16-19-7-5-17(2)6-8-19;;/h5-10,13,18,23-25H,4,11-12,14-16H2,1-3H3;2*1H. The van der Waals surface area contributed by atoms with Gasteiger partial charge in [0.1, 0.15) is 6.61 Å². The van der Waals surface area contributed by atoms with Crippen LogP contribution in [-0.2, 0) is 13.2 Å². The van der Waals surface area contributed by atoms with Gasteiger partial charge in [0.15, 0.2) is 11.5 Å². The summed E-state index contributed by atoms with van der Waals surface area (Å²) in [4.78, 5) is 0. The van der Waals surface area contributed by atoms with Crippen LogP contribution in [0.25, 0.3) is 0 Å². The molecule has 0 aliphatic carbocycles. The minimum atomic E-state index is -0.314.